The van der Waals surface area contributed by atoms with Crippen LogP contribution < -0.4 is 0 Å². The number of hydrogen-bond donors (Lipinski definition) is 1. The van der Waals surface area contributed by atoms with Gasteiger partial charge in [0.15, 0.2) is 0 Å². The van der Waals surface area contributed by atoms with Crippen LogP contribution in [0.5, 0.6) is 0 Å². The molecule has 2 atom stereocenters. The van der Waals surface area contributed by atoms with E-state index in [9.17, 15) is 4.79 Å². The van der Waals surface area contributed by atoms with E-state index in [0.717, 1.165) is 38.8 Å². The van der Waals surface area contributed by atoms with Crippen molar-refractivity contribution in [1.29, 1.82) is 0 Å². The van der Waals surface area contributed by atoms with Crippen LogP contribution in [0.25, 0.3) is 10.9 Å². The molecule has 140 valence electrons. The molecule has 4 nitrogen and oxygen atoms in total. The maximum Gasteiger partial charge on any atom is 0.222 e. The van der Waals surface area contributed by atoms with Crippen LogP contribution in [0, 0.1) is 5.41 Å². The Morgan fingerprint density at radius 2 is 2.15 bits per heavy atom. The van der Waals surface area contributed by atoms with Crippen LogP contribution in [0.15, 0.2) is 30.5 Å². The van der Waals surface area contributed by atoms with Crippen LogP contribution in [-0.4, -0.2) is 42.1 Å². The zero-order valence-corrected chi connectivity index (χ0v) is 15.8. The van der Waals surface area contributed by atoms with Gasteiger partial charge in [-0.2, -0.15) is 0 Å². The molecule has 1 N–H and O–H groups in total. The number of hydrogen-bond acceptors (Lipinski definition) is 2. The number of aromatic nitrogens is 1. The minimum absolute atomic E-state index is 0.222. The standard InChI is InChI=1S/C22H30N2O2/c1-26-20-10-5-12-22(20)13-6-14-24(16-22)21(25)11-4-7-17-15-23-19-9-3-2-8-18(17)19/h2-3,8-9,15,20,23H,4-7,10-14,16H2,1H3/t20-,22-/m1/s1. The lowest BCUT2D eigenvalue weighted by atomic mass is 9.76. The van der Waals surface area contributed by atoms with E-state index in [2.05, 4.69) is 40.3 Å². The highest BCUT2D eigenvalue weighted by Crippen LogP contribution is 2.46. The summed E-state index contributed by atoms with van der Waals surface area (Å²) in [6, 6.07) is 8.38. The minimum Gasteiger partial charge on any atom is -0.381 e. The quantitative estimate of drug-likeness (QED) is 0.870. The number of likely N-dealkylation sites (tertiary alicyclic amines) is 1. The number of aromatic amines is 1. The second-order valence-corrected chi connectivity index (χ2v) is 8.11. The van der Waals surface area contributed by atoms with Crippen molar-refractivity contribution < 1.29 is 9.53 Å². The van der Waals surface area contributed by atoms with Gasteiger partial charge in [-0.05, 0) is 50.2 Å². The molecule has 1 aliphatic heterocycles. The lowest BCUT2D eigenvalue weighted by Crippen LogP contribution is -2.49. The Kier molecular flexibility index (Phi) is 5.03. The molecule has 2 heterocycles. The molecule has 2 fully saturated rings. The number of fused-ring (bicyclic) bond motifs is 1. The zero-order chi connectivity index (χ0) is 18.0. The van der Waals surface area contributed by atoms with Gasteiger partial charge in [-0.25, -0.2) is 0 Å². The number of nitrogens with zero attached hydrogens (tertiary/aromatic N) is 1. The second kappa shape index (κ2) is 7.43. The summed E-state index contributed by atoms with van der Waals surface area (Å²) >= 11 is 0. The number of rotatable bonds is 5. The van der Waals surface area contributed by atoms with Crippen LogP contribution in [0.3, 0.4) is 0 Å². The van der Waals surface area contributed by atoms with Crippen LogP contribution in [0.2, 0.25) is 0 Å². The molecule has 1 spiro atoms. The molecule has 1 aromatic carbocycles. The summed E-state index contributed by atoms with van der Waals surface area (Å²) in [5.41, 5.74) is 2.72. The first-order chi connectivity index (χ1) is 12.7. The maximum absolute atomic E-state index is 12.8. The largest absolute Gasteiger partial charge is 0.381 e. The Bertz CT molecular complexity index is 768. The summed E-state index contributed by atoms with van der Waals surface area (Å²) in [5.74, 6) is 0.325. The second-order valence-electron chi connectivity index (χ2n) is 8.11. The summed E-state index contributed by atoms with van der Waals surface area (Å²) < 4.78 is 5.76. The van der Waals surface area contributed by atoms with Crippen molar-refractivity contribution in [3.8, 4) is 0 Å². The van der Waals surface area contributed by atoms with Crippen LogP contribution >= 0.6 is 0 Å². The van der Waals surface area contributed by atoms with E-state index in [1.807, 2.05) is 7.11 Å². The number of para-hydroxylation sites is 1. The van der Waals surface area contributed by atoms with Crippen molar-refractivity contribution in [2.75, 3.05) is 20.2 Å². The number of ether oxygens (including phenoxy) is 1. The number of carbonyl (C=O) groups is 1. The SMILES string of the molecule is CO[C@@H]1CCC[C@]12CCCN(C(=O)CCCc1c[nH]c3ccccc13)C2. The third kappa shape index (κ3) is 3.27. The zero-order valence-electron chi connectivity index (χ0n) is 15.8. The Labute approximate surface area is 155 Å². The Balaban J connectivity index is 1.33. The highest BCUT2D eigenvalue weighted by Gasteiger charge is 2.46. The molecule has 4 heteroatoms. The van der Waals surface area contributed by atoms with E-state index in [1.54, 1.807) is 0 Å². The topological polar surface area (TPSA) is 45.3 Å². The van der Waals surface area contributed by atoms with Gasteiger partial charge in [0.2, 0.25) is 5.91 Å². The highest BCUT2D eigenvalue weighted by molar-refractivity contribution is 5.83. The van der Waals surface area contributed by atoms with Gasteiger partial charge in [-0.15, -0.1) is 0 Å². The fourth-order valence-corrected chi connectivity index (χ4v) is 5.24. The molecular weight excluding hydrogens is 324 g/mol. The lowest BCUT2D eigenvalue weighted by molar-refractivity contribution is -0.137. The molecule has 1 saturated heterocycles. The van der Waals surface area contributed by atoms with Crippen molar-refractivity contribution in [3.63, 3.8) is 0 Å². The predicted octanol–water partition coefficient (Wildman–Crippen LogP) is 4.30. The number of piperidine rings is 1. The predicted molar refractivity (Wildman–Crippen MR) is 104 cm³/mol. The van der Waals surface area contributed by atoms with E-state index in [0.29, 0.717) is 18.4 Å². The lowest BCUT2D eigenvalue weighted by Gasteiger charge is -2.43. The van der Waals surface area contributed by atoms with Crippen LogP contribution in [0.4, 0.5) is 0 Å². The van der Waals surface area contributed by atoms with Gasteiger partial charge in [0.05, 0.1) is 6.10 Å². The summed E-state index contributed by atoms with van der Waals surface area (Å²) in [6.45, 7) is 1.82. The molecule has 0 radical (unpaired) electrons. The van der Waals surface area contributed by atoms with Crippen LogP contribution in [0.1, 0.15) is 50.5 Å². The number of methoxy groups -OCH3 is 1. The van der Waals surface area contributed by atoms with E-state index in [1.165, 1.54) is 35.7 Å². The van der Waals surface area contributed by atoms with Gasteiger partial charge in [-0.3, -0.25) is 4.79 Å². The van der Waals surface area contributed by atoms with E-state index >= 15 is 0 Å². The van der Waals surface area contributed by atoms with Crippen molar-refractivity contribution in [3.05, 3.63) is 36.0 Å². The van der Waals surface area contributed by atoms with Gasteiger partial charge in [-0.1, -0.05) is 24.6 Å². The molecule has 2 aromatic rings. The normalized spacial score (nSPS) is 26.0. The van der Waals surface area contributed by atoms with Crippen LogP contribution in [-0.2, 0) is 16.0 Å². The number of nitrogens with one attached hydrogen (secondary N) is 1. The van der Waals surface area contributed by atoms with E-state index < -0.39 is 0 Å². The maximum atomic E-state index is 12.8. The average Bonchev–Trinajstić information content (AvgIpc) is 3.26. The Morgan fingerprint density at radius 3 is 3.04 bits per heavy atom. The average molecular weight is 354 g/mol. The fraction of sp³-hybridized carbons (Fsp3) is 0.591. The van der Waals surface area contributed by atoms with Gasteiger partial charge < -0.3 is 14.6 Å². The Hall–Kier alpha value is -1.81. The first-order valence-electron chi connectivity index (χ1n) is 10.1. The summed E-state index contributed by atoms with van der Waals surface area (Å²) in [5, 5.41) is 1.28. The first kappa shape index (κ1) is 17.6. The summed E-state index contributed by atoms with van der Waals surface area (Å²) in [7, 11) is 1.83. The van der Waals surface area contributed by atoms with Gasteiger partial charge >= 0.3 is 0 Å². The smallest absolute Gasteiger partial charge is 0.222 e. The molecule has 2 aliphatic rings. The third-order valence-electron chi connectivity index (χ3n) is 6.58. The number of H-pyrrole nitrogens is 1. The van der Waals surface area contributed by atoms with Crippen molar-refractivity contribution in [2.45, 2.75) is 57.5 Å². The van der Waals surface area contributed by atoms with E-state index in [-0.39, 0.29) is 5.41 Å². The summed E-state index contributed by atoms with van der Waals surface area (Å²) in [4.78, 5) is 18.2. The number of amides is 1. The monoisotopic (exact) mass is 354 g/mol. The fourth-order valence-electron chi connectivity index (χ4n) is 5.24. The van der Waals surface area contributed by atoms with Crippen molar-refractivity contribution in [2.24, 2.45) is 5.41 Å². The van der Waals surface area contributed by atoms with Crippen molar-refractivity contribution in [1.82, 2.24) is 9.88 Å². The van der Waals surface area contributed by atoms with Crippen molar-refractivity contribution >= 4 is 16.8 Å². The number of aryl methyl sites for hydroxylation is 1. The Morgan fingerprint density at radius 1 is 1.31 bits per heavy atom. The molecule has 1 aliphatic carbocycles. The molecule has 4 rings (SSSR count). The number of benzene rings is 1. The molecular formula is C22H30N2O2. The van der Waals surface area contributed by atoms with Gasteiger partial charge in [0, 0.05) is 49.1 Å². The molecule has 0 unspecified atom stereocenters. The summed E-state index contributed by atoms with van der Waals surface area (Å²) in [6.07, 6.45) is 10.9. The van der Waals surface area contributed by atoms with Gasteiger partial charge in [0.25, 0.3) is 0 Å². The molecule has 1 saturated carbocycles. The highest BCUT2D eigenvalue weighted by atomic mass is 16.5. The molecule has 1 amide bonds. The third-order valence-corrected chi connectivity index (χ3v) is 6.58. The molecule has 1 aromatic heterocycles. The van der Waals surface area contributed by atoms with Gasteiger partial charge in [0.1, 0.15) is 0 Å². The first-order valence-corrected chi connectivity index (χ1v) is 10.1. The van der Waals surface area contributed by atoms with E-state index in [4.69, 9.17) is 4.74 Å². The molecule has 26 heavy (non-hydrogen) atoms. The minimum atomic E-state index is 0.222. The molecule has 0 bridgehead atoms. The number of carbonyl (C=O) groups excluding carboxylic acids is 1.